The number of nitro benzene ring substituents is 1. The molecule has 1 saturated heterocycles. The van der Waals surface area contributed by atoms with Crippen molar-refractivity contribution >= 4 is 5.69 Å². The van der Waals surface area contributed by atoms with Crippen LogP contribution in [0.1, 0.15) is 6.04 Å². The van der Waals surface area contributed by atoms with E-state index in [9.17, 15) is 10.1 Å². The fraction of sp³-hybridized carbons (Fsp3) is 0.333. The van der Waals surface area contributed by atoms with Gasteiger partial charge in [0.1, 0.15) is 12.4 Å². The number of hydrogen-bond acceptors (Lipinski definition) is 6. The number of nitro groups is 1. The lowest BCUT2D eigenvalue weighted by Gasteiger charge is -2.25. The summed E-state index contributed by atoms with van der Waals surface area (Å²) in [4.78, 5) is 14.7. The molecular weight excluding hydrogens is 264 g/mol. The van der Waals surface area contributed by atoms with Gasteiger partial charge in [-0.25, -0.2) is 9.67 Å². The summed E-state index contributed by atoms with van der Waals surface area (Å²) >= 11 is 0. The Morgan fingerprint density at radius 1 is 1.50 bits per heavy atom. The molecule has 0 atom stereocenters. The van der Waals surface area contributed by atoms with Crippen molar-refractivity contribution in [2.24, 2.45) is 0 Å². The summed E-state index contributed by atoms with van der Waals surface area (Å²) < 4.78 is 11.9. The van der Waals surface area contributed by atoms with Crippen LogP contribution in [0.4, 0.5) is 5.69 Å². The zero-order valence-corrected chi connectivity index (χ0v) is 10.7. The largest absolute Gasteiger partial charge is 0.490 e. The molecule has 1 fully saturated rings. The van der Waals surface area contributed by atoms with E-state index in [-0.39, 0.29) is 17.5 Å². The predicted octanol–water partition coefficient (Wildman–Crippen LogP) is 1.43. The van der Waals surface area contributed by atoms with Gasteiger partial charge < -0.3 is 9.47 Å². The molecule has 0 spiro atoms. The van der Waals surface area contributed by atoms with Crippen LogP contribution in [0.3, 0.4) is 0 Å². The van der Waals surface area contributed by atoms with Crippen molar-refractivity contribution in [1.29, 1.82) is 0 Å². The molecule has 2 heterocycles. The average molecular weight is 276 g/mol. The third kappa shape index (κ3) is 1.99. The topological polar surface area (TPSA) is 92.3 Å². The maximum Gasteiger partial charge on any atom is 0.311 e. The second-order valence-electron chi connectivity index (χ2n) is 4.35. The number of ether oxygens (including phenoxy) is 2. The number of nitrogens with zero attached hydrogens (tertiary/aromatic N) is 4. The molecular formula is C12H12N4O4. The fourth-order valence-electron chi connectivity index (χ4n) is 2.01. The van der Waals surface area contributed by atoms with Crippen LogP contribution in [-0.2, 0) is 4.74 Å². The van der Waals surface area contributed by atoms with Gasteiger partial charge in [0.2, 0.25) is 5.75 Å². The third-order valence-electron chi connectivity index (χ3n) is 3.14. The molecule has 0 aliphatic carbocycles. The molecule has 0 bridgehead atoms. The van der Waals surface area contributed by atoms with Gasteiger partial charge in [-0.15, -0.1) is 0 Å². The maximum atomic E-state index is 11.0. The smallest absolute Gasteiger partial charge is 0.311 e. The van der Waals surface area contributed by atoms with Gasteiger partial charge in [-0.2, -0.15) is 5.10 Å². The molecule has 8 nitrogen and oxygen atoms in total. The molecule has 3 rings (SSSR count). The van der Waals surface area contributed by atoms with Gasteiger partial charge in [-0.1, -0.05) is 6.07 Å². The Morgan fingerprint density at radius 2 is 2.30 bits per heavy atom. The summed E-state index contributed by atoms with van der Waals surface area (Å²) in [6.07, 6.45) is 1.60. The Hall–Kier alpha value is -2.48. The molecule has 1 aromatic carbocycles. The number of aromatic nitrogens is 3. The van der Waals surface area contributed by atoms with E-state index >= 15 is 0 Å². The van der Waals surface area contributed by atoms with Crippen LogP contribution in [0, 0.1) is 10.1 Å². The van der Waals surface area contributed by atoms with E-state index < -0.39 is 4.92 Å². The van der Waals surface area contributed by atoms with Crippen LogP contribution < -0.4 is 4.74 Å². The summed E-state index contributed by atoms with van der Waals surface area (Å²) in [7, 11) is 1.39. The van der Waals surface area contributed by atoms with Gasteiger partial charge in [0, 0.05) is 6.07 Å². The van der Waals surface area contributed by atoms with Crippen LogP contribution >= 0.6 is 0 Å². The second kappa shape index (κ2) is 4.89. The van der Waals surface area contributed by atoms with Gasteiger partial charge in [0.15, 0.2) is 5.82 Å². The predicted molar refractivity (Wildman–Crippen MR) is 68.5 cm³/mol. The van der Waals surface area contributed by atoms with E-state index in [1.54, 1.807) is 23.1 Å². The van der Waals surface area contributed by atoms with Gasteiger partial charge in [-0.05, 0) is 6.07 Å². The minimum atomic E-state index is -0.487. The molecule has 104 valence electrons. The van der Waals surface area contributed by atoms with Crippen molar-refractivity contribution in [1.82, 2.24) is 14.8 Å². The molecule has 8 heteroatoms. The second-order valence-corrected chi connectivity index (χ2v) is 4.35. The van der Waals surface area contributed by atoms with E-state index in [4.69, 9.17) is 9.47 Å². The van der Waals surface area contributed by atoms with Crippen LogP contribution in [-0.4, -0.2) is 40.0 Å². The number of para-hydroxylation sites is 1. The van der Waals surface area contributed by atoms with Crippen LogP contribution in [0.2, 0.25) is 0 Å². The van der Waals surface area contributed by atoms with E-state index in [2.05, 4.69) is 10.1 Å². The molecule has 0 saturated carbocycles. The van der Waals surface area contributed by atoms with Crippen LogP contribution in [0.5, 0.6) is 5.75 Å². The Labute approximate surface area is 114 Å². The number of hydrogen-bond donors (Lipinski definition) is 0. The Morgan fingerprint density at radius 3 is 2.90 bits per heavy atom. The Balaban J connectivity index is 2.02. The summed E-state index contributed by atoms with van der Waals surface area (Å²) in [5.74, 6) is 0.567. The number of rotatable bonds is 4. The highest BCUT2D eigenvalue weighted by Gasteiger charge is 2.24. The minimum Gasteiger partial charge on any atom is -0.490 e. The Bertz CT molecular complexity index is 651. The maximum absolute atomic E-state index is 11.0. The average Bonchev–Trinajstić information content (AvgIpc) is 2.84. The minimum absolute atomic E-state index is 0.103. The molecule has 2 aromatic rings. The molecule has 20 heavy (non-hydrogen) atoms. The van der Waals surface area contributed by atoms with Crippen molar-refractivity contribution in [3.63, 3.8) is 0 Å². The molecule has 0 unspecified atom stereocenters. The quantitative estimate of drug-likeness (QED) is 0.619. The van der Waals surface area contributed by atoms with Crippen molar-refractivity contribution in [3.8, 4) is 17.1 Å². The lowest BCUT2D eigenvalue weighted by atomic mass is 10.1. The first-order chi connectivity index (χ1) is 9.70. The first-order valence-corrected chi connectivity index (χ1v) is 6.01. The summed E-state index contributed by atoms with van der Waals surface area (Å²) in [5.41, 5.74) is 0.397. The molecule has 1 aliphatic rings. The van der Waals surface area contributed by atoms with Crippen molar-refractivity contribution in [2.45, 2.75) is 6.04 Å². The Kier molecular flexibility index (Phi) is 3.07. The van der Waals surface area contributed by atoms with E-state index in [0.717, 1.165) is 0 Å². The first kappa shape index (κ1) is 12.5. The lowest BCUT2D eigenvalue weighted by Crippen LogP contribution is -2.30. The SMILES string of the molecule is COc1c(-c2ncn(C3COC3)n2)cccc1[N+](=O)[O-]. The van der Waals surface area contributed by atoms with Crippen molar-refractivity contribution < 1.29 is 14.4 Å². The molecule has 0 radical (unpaired) electrons. The monoisotopic (exact) mass is 276 g/mol. The van der Waals surface area contributed by atoms with Crippen molar-refractivity contribution in [2.75, 3.05) is 20.3 Å². The normalized spacial score (nSPS) is 14.8. The highest BCUT2D eigenvalue weighted by atomic mass is 16.6. The zero-order valence-electron chi connectivity index (χ0n) is 10.7. The van der Waals surface area contributed by atoms with Gasteiger partial charge in [0.05, 0.1) is 30.8 Å². The van der Waals surface area contributed by atoms with Crippen LogP contribution in [0.15, 0.2) is 24.5 Å². The first-order valence-electron chi connectivity index (χ1n) is 6.01. The van der Waals surface area contributed by atoms with Gasteiger partial charge >= 0.3 is 5.69 Å². The fourth-order valence-corrected chi connectivity index (χ4v) is 2.01. The summed E-state index contributed by atoms with van der Waals surface area (Å²) in [6.45, 7) is 1.21. The highest BCUT2D eigenvalue weighted by molar-refractivity contribution is 5.70. The molecule has 0 N–H and O–H groups in total. The molecule has 1 aromatic heterocycles. The zero-order chi connectivity index (χ0) is 14.1. The molecule has 0 amide bonds. The van der Waals surface area contributed by atoms with Gasteiger partial charge in [0.25, 0.3) is 0 Å². The van der Waals surface area contributed by atoms with Gasteiger partial charge in [-0.3, -0.25) is 10.1 Å². The number of methoxy groups -OCH3 is 1. The summed E-state index contributed by atoms with van der Waals surface area (Å²) in [5, 5.41) is 15.3. The summed E-state index contributed by atoms with van der Waals surface area (Å²) in [6, 6.07) is 4.85. The van der Waals surface area contributed by atoms with E-state index in [0.29, 0.717) is 24.6 Å². The van der Waals surface area contributed by atoms with Crippen LogP contribution in [0.25, 0.3) is 11.4 Å². The van der Waals surface area contributed by atoms with E-state index in [1.165, 1.54) is 13.2 Å². The third-order valence-corrected chi connectivity index (χ3v) is 3.14. The lowest BCUT2D eigenvalue weighted by molar-refractivity contribution is -0.385. The van der Waals surface area contributed by atoms with Crippen molar-refractivity contribution in [3.05, 3.63) is 34.6 Å². The van der Waals surface area contributed by atoms with E-state index in [1.807, 2.05) is 0 Å². The highest BCUT2D eigenvalue weighted by Crippen LogP contribution is 2.36. The number of benzene rings is 1. The standard InChI is InChI=1S/C12H12N4O4/c1-19-11-9(3-2-4-10(11)16(17)18)12-13-7-15(14-12)8-5-20-6-8/h2-4,7-8H,5-6H2,1H3. The molecule has 1 aliphatic heterocycles.